The highest BCUT2D eigenvalue weighted by atomic mass is 19.1. The van der Waals surface area contributed by atoms with E-state index in [1.165, 1.54) is 12.1 Å². The molecular formula is C13H18FN3O. The number of hydrogen-bond acceptors (Lipinski definition) is 3. The summed E-state index contributed by atoms with van der Waals surface area (Å²) in [4.78, 5) is 14.0. The van der Waals surface area contributed by atoms with Crippen molar-refractivity contribution in [2.75, 3.05) is 18.0 Å². The number of benzene rings is 1. The molecule has 0 radical (unpaired) electrons. The first-order valence-electron chi connectivity index (χ1n) is 6.14. The molecule has 4 nitrogen and oxygen atoms in total. The Kier molecular flexibility index (Phi) is 3.81. The molecular weight excluding hydrogens is 233 g/mol. The quantitative estimate of drug-likeness (QED) is 0.838. The van der Waals surface area contributed by atoms with Crippen LogP contribution in [0.4, 0.5) is 10.1 Å². The predicted molar refractivity (Wildman–Crippen MR) is 68.8 cm³/mol. The van der Waals surface area contributed by atoms with E-state index in [2.05, 4.69) is 5.32 Å². The number of nitrogens with zero attached hydrogens (tertiary/aromatic N) is 1. The van der Waals surface area contributed by atoms with E-state index >= 15 is 0 Å². The molecule has 1 fully saturated rings. The standard InChI is InChI=1S/C13H18FN3O/c1-9-8-17(11-4-2-10(14)3-5-11)12(6-7-15)13(18)16-9/h2-5,9,12H,6-8,15H2,1H3,(H,16,18). The van der Waals surface area contributed by atoms with Crippen molar-refractivity contribution in [3.05, 3.63) is 30.1 Å². The summed E-state index contributed by atoms with van der Waals surface area (Å²) in [6, 6.07) is 6.03. The monoisotopic (exact) mass is 251 g/mol. The molecule has 1 aromatic carbocycles. The number of anilines is 1. The van der Waals surface area contributed by atoms with Gasteiger partial charge in [0.25, 0.3) is 0 Å². The van der Waals surface area contributed by atoms with Crippen LogP contribution in [0.1, 0.15) is 13.3 Å². The van der Waals surface area contributed by atoms with E-state index in [1.807, 2.05) is 11.8 Å². The summed E-state index contributed by atoms with van der Waals surface area (Å²) in [5, 5.41) is 2.92. The highest BCUT2D eigenvalue weighted by molar-refractivity contribution is 5.87. The third kappa shape index (κ3) is 2.61. The molecule has 3 N–H and O–H groups in total. The van der Waals surface area contributed by atoms with Gasteiger partial charge in [0, 0.05) is 18.3 Å². The van der Waals surface area contributed by atoms with Gasteiger partial charge >= 0.3 is 0 Å². The number of nitrogens with two attached hydrogens (primary N) is 1. The molecule has 1 saturated heterocycles. The van der Waals surface area contributed by atoms with E-state index in [1.54, 1.807) is 12.1 Å². The number of piperazine rings is 1. The summed E-state index contributed by atoms with van der Waals surface area (Å²) < 4.78 is 12.9. The number of halogens is 1. The maximum Gasteiger partial charge on any atom is 0.243 e. The lowest BCUT2D eigenvalue weighted by molar-refractivity contribution is -0.124. The van der Waals surface area contributed by atoms with Crippen molar-refractivity contribution < 1.29 is 9.18 Å². The molecule has 0 saturated carbocycles. The van der Waals surface area contributed by atoms with Gasteiger partial charge in [0.05, 0.1) is 0 Å². The van der Waals surface area contributed by atoms with Crippen LogP contribution in [-0.4, -0.2) is 31.1 Å². The molecule has 1 heterocycles. The highest BCUT2D eigenvalue weighted by Gasteiger charge is 2.32. The van der Waals surface area contributed by atoms with Gasteiger partial charge < -0.3 is 16.0 Å². The second-order valence-electron chi connectivity index (χ2n) is 4.63. The first-order valence-corrected chi connectivity index (χ1v) is 6.14. The zero-order valence-corrected chi connectivity index (χ0v) is 10.4. The van der Waals surface area contributed by atoms with Gasteiger partial charge in [-0.1, -0.05) is 0 Å². The fraction of sp³-hybridized carbons (Fsp3) is 0.462. The van der Waals surface area contributed by atoms with Crippen LogP contribution >= 0.6 is 0 Å². The van der Waals surface area contributed by atoms with Crippen LogP contribution in [0.25, 0.3) is 0 Å². The van der Waals surface area contributed by atoms with Crippen molar-refractivity contribution in [2.24, 2.45) is 5.73 Å². The fourth-order valence-corrected chi connectivity index (χ4v) is 2.31. The first kappa shape index (κ1) is 12.8. The van der Waals surface area contributed by atoms with Crippen LogP contribution in [0.15, 0.2) is 24.3 Å². The third-order valence-corrected chi connectivity index (χ3v) is 3.14. The van der Waals surface area contributed by atoms with Gasteiger partial charge in [0.1, 0.15) is 11.9 Å². The number of nitrogens with one attached hydrogen (secondary N) is 1. The number of carbonyl (C=O) groups is 1. The lowest BCUT2D eigenvalue weighted by Crippen LogP contribution is -2.59. The Balaban J connectivity index is 2.25. The molecule has 1 aliphatic heterocycles. The molecule has 5 heteroatoms. The van der Waals surface area contributed by atoms with Crippen molar-refractivity contribution in [3.8, 4) is 0 Å². The summed E-state index contributed by atoms with van der Waals surface area (Å²) in [6.45, 7) is 3.11. The van der Waals surface area contributed by atoms with Gasteiger partial charge in [-0.2, -0.15) is 0 Å². The normalized spacial score (nSPS) is 23.9. The Morgan fingerprint density at radius 3 is 2.72 bits per heavy atom. The van der Waals surface area contributed by atoms with Gasteiger partial charge in [0.2, 0.25) is 5.91 Å². The van der Waals surface area contributed by atoms with Crippen molar-refractivity contribution in [2.45, 2.75) is 25.4 Å². The van der Waals surface area contributed by atoms with E-state index < -0.39 is 0 Å². The minimum Gasteiger partial charge on any atom is -0.357 e. The van der Waals surface area contributed by atoms with E-state index in [4.69, 9.17) is 5.73 Å². The van der Waals surface area contributed by atoms with Crippen LogP contribution in [0.3, 0.4) is 0 Å². The van der Waals surface area contributed by atoms with Crippen molar-refractivity contribution in [1.82, 2.24) is 5.32 Å². The maximum absolute atomic E-state index is 12.9. The lowest BCUT2D eigenvalue weighted by Gasteiger charge is -2.39. The molecule has 1 aliphatic rings. The minimum atomic E-state index is -0.274. The van der Waals surface area contributed by atoms with Crippen molar-refractivity contribution >= 4 is 11.6 Å². The van der Waals surface area contributed by atoms with Gasteiger partial charge in [-0.3, -0.25) is 4.79 Å². The summed E-state index contributed by atoms with van der Waals surface area (Å²) in [6.07, 6.45) is 0.593. The minimum absolute atomic E-state index is 0.0106. The third-order valence-electron chi connectivity index (χ3n) is 3.14. The van der Waals surface area contributed by atoms with E-state index in [0.717, 1.165) is 5.69 Å². The maximum atomic E-state index is 12.9. The lowest BCUT2D eigenvalue weighted by atomic mass is 10.0. The van der Waals surface area contributed by atoms with E-state index in [9.17, 15) is 9.18 Å². The topological polar surface area (TPSA) is 58.4 Å². The smallest absolute Gasteiger partial charge is 0.243 e. The molecule has 18 heavy (non-hydrogen) atoms. The van der Waals surface area contributed by atoms with Crippen LogP contribution in [0.2, 0.25) is 0 Å². The van der Waals surface area contributed by atoms with E-state index in [0.29, 0.717) is 19.5 Å². The Morgan fingerprint density at radius 2 is 2.11 bits per heavy atom. The molecule has 0 aliphatic carbocycles. The molecule has 2 atom stereocenters. The highest BCUT2D eigenvalue weighted by Crippen LogP contribution is 2.22. The van der Waals surface area contributed by atoms with Crippen LogP contribution in [-0.2, 0) is 4.79 Å². The van der Waals surface area contributed by atoms with Gasteiger partial charge in [-0.15, -0.1) is 0 Å². The molecule has 0 spiro atoms. The Labute approximate surface area is 106 Å². The average Bonchev–Trinajstić information content (AvgIpc) is 2.33. The number of amides is 1. The van der Waals surface area contributed by atoms with Crippen molar-refractivity contribution in [3.63, 3.8) is 0 Å². The fourth-order valence-electron chi connectivity index (χ4n) is 2.31. The zero-order chi connectivity index (χ0) is 13.1. The molecule has 1 aromatic rings. The number of hydrogen-bond donors (Lipinski definition) is 2. The summed E-state index contributed by atoms with van der Waals surface area (Å²) >= 11 is 0. The molecule has 2 unspecified atom stereocenters. The van der Waals surface area contributed by atoms with Crippen LogP contribution in [0, 0.1) is 5.82 Å². The summed E-state index contributed by atoms with van der Waals surface area (Å²) in [5.41, 5.74) is 6.41. The molecule has 0 aromatic heterocycles. The second-order valence-corrected chi connectivity index (χ2v) is 4.63. The molecule has 0 bridgehead atoms. The number of rotatable bonds is 3. The van der Waals surface area contributed by atoms with Crippen LogP contribution in [0.5, 0.6) is 0 Å². The Hall–Kier alpha value is -1.62. The Morgan fingerprint density at radius 1 is 1.44 bits per heavy atom. The summed E-state index contributed by atoms with van der Waals surface area (Å²) in [7, 11) is 0. The van der Waals surface area contributed by atoms with Crippen molar-refractivity contribution in [1.29, 1.82) is 0 Å². The molecule has 1 amide bonds. The average molecular weight is 251 g/mol. The Bertz CT molecular complexity index is 421. The van der Waals surface area contributed by atoms with Gasteiger partial charge in [-0.05, 0) is 44.2 Å². The van der Waals surface area contributed by atoms with Crippen LogP contribution < -0.4 is 16.0 Å². The molecule has 2 rings (SSSR count). The summed E-state index contributed by atoms with van der Waals surface area (Å²) in [5.74, 6) is -0.285. The van der Waals surface area contributed by atoms with Gasteiger partial charge in [-0.25, -0.2) is 4.39 Å². The first-order chi connectivity index (χ1) is 8.61. The largest absolute Gasteiger partial charge is 0.357 e. The SMILES string of the molecule is CC1CN(c2ccc(F)cc2)C(CCN)C(=O)N1. The molecule has 98 valence electrons. The van der Waals surface area contributed by atoms with Gasteiger partial charge in [0.15, 0.2) is 0 Å². The predicted octanol–water partition coefficient (Wildman–Crippen LogP) is 0.868. The number of carbonyl (C=O) groups excluding carboxylic acids is 1. The second kappa shape index (κ2) is 5.35. The zero-order valence-electron chi connectivity index (χ0n) is 10.4. The van der Waals surface area contributed by atoms with E-state index in [-0.39, 0.29) is 23.8 Å².